The second-order valence-corrected chi connectivity index (χ2v) is 19.5. The number of hydrogen-bond donors (Lipinski definition) is 0. The first-order valence-corrected chi connectivity index (χ1v) is 19.4. The van der Waals surface area contributed by atoms with Crippen LogP contribution < -0.4 is 17.1 Å². The van der Waals surface area contributed by atoms with Crippen molar-refractivity contribution in [2.45, 2.75) is 124 Å². The fraction of sp³-hybridized carbons (Fsp3) is 0.735. The zero-order valence-corrected chi connectivity index (χ0v) is 29.2. The second-order valence-electron chi connectivity index (χ2n) is 14.6. The van der Waals surface area contributed by atoms with Gasteiger partial charge in [-0.3, -0.25) is 0 Å². The molecule has 0 aliphatic carbocycles. The molecule has 0 saturated carbocycles. The molecule has 2 atom stereocenters. The van der Waals surface area contributed by atoms with E-state index in [1.807, 2.05) is 17.9 Å². The van der Waals surface area contributed by atoms with E-state index in [4.69, 9.17) is 9.47 Å². The van der Waals surface area contributed by atoms with Gasteiger partial charge in [0.1, 0.15) is 6.10 Å². The molecule has 244 valence electrons. The maximum Gasteiger partial charge on any atom is 0.336 e. The smallest absolute Gasteiger partial charge is 0.336 e. The monoisotopic (exact) mass is 617 g/mol. The lowest BCUT2D eigenvalue weighted by Crippen LogP contribution is -2.54. The van der Waals surface area contributed by atoms with Gasteiger partial charge in [0, 0.05) is 26.2 Å². The van der Waals surface area contributed by atoms with Gasteiger partial charge in [-0.25, -0.2) is 28.1 Å². The Morgan fingerprint density at radius 2 is 1.33 bits per heavy atom. The third-order valence-electron chi connectivity index (χ3n) is 9.77. The fourth-order valence-corrected chi connectivity index (χ4v) is 6.72. The highest BCUT2D eigenvalue weighted by atomic mass is 28.3. The molecule has 8 nitrogen and oxygen atoms in total. The zero-order valence-electron chi connectivity index (χ0n) is 28.2. The Morgan fingerprint density at radius 3 is 1.79 bits per heavy atom. The van der Waals surface area contributed by atoms with Crippen LogP contribution in [0.2, 0.25) is 19.1 Å². The predicted octanol–water partition coefficient (Wildman–Crippen LogP) is 6.18. The lowest BCUT2D eigenvalue weighted by atomic mass is 9.62. The molecule has 0 bridgehead atoms. The van der Waals surface area contributed by atoms with Gasteiger partial charge in [-0.15, -0.1) is 25.4 Å². The third-order valence-corrected chi connectivity index (χ3v) is 12.5. The van der Waals surface area contributed by atoms with Crippen molar-refractivity contribution >= 4 is 8.07 Å². The van der Waals surface area contributed by atoms with Crippen LogP contribution in [0, 0.1) is 16.2 Å². The highest BCUT2D eigenvalue weighted by Crippen LogP contribution is 2.46. The molecule has 0 aromatic carbocycles. The molecule has 1 aromatic rings. The van der Waals surface area contributed by atoms with Crippen LogP contribution in [0.5, 0.6) is 0 Å². The van der Waals surface area contributed by atoms with Crippen LogP contribution >= 0.6 is 0 Å². The Morgan fingerprint density at radius 1 is 0.814 bits per heavy atom. The molecule has 2 heterocycles. The zero-order chi connectivity index (χ0) is 32.5. The number of rotatable bonds is 22. The largest absolute Gasteiger partial charge is 0.379 e. The molecule has 1 aliphatic rings. The van der Waals surface area contributed by atoms with E-state index in [9.17, 15) is 14.4 Å². The van der Waals surface area contributed by atoms with Gasteiger partial charge in [0.15, 0.2) is 0 Å². The van der Waals surface area contributed by atoms with Crippen LogP contribution in [0.4, 0.5) is 0 Å². The molecule has 0 radical (unpaired) electrons. The van der Waals surface area contributed by atoms with E-state index in [-0.39, 0.29) is 35.4 Å². The molecule has 0 amide bonds. The van der Waals surface area contributed by atoms with Crippen molar-refractivity contribution in [1.82, 2.24) is 13.7 Å². The molecule has 1 aromatic heterocycles. The maximum absolute atomic E-state index is 13.6. The molecule has 2 unspecified atom stereocenters. The molecule has 43 heavy (non-hydrogen) atoms. The van der Waals surface area contributed by atoms with E-state index in [0.29, 0.717) is 39.0 Å². The van der Waals surface area contributed by atoms with E-state index in [1.54, 1.807) is 0 Å². The lowest BCUT2D eigenvalue weighted by molar-refractivity contribution is 0.0755. The van der Waals surface area contributed by atoms with Gasteiger partial charge < -0.3 is 9.47 Å². The minimum absolute atomic E-state index is 0.0576. The van der Waals surface area contributed by atoms with Gasteiger partial charge in [0.25, 0.3) is 0 Å². The minimum atomic E-state index is -1.59. The molecular weight excluding hydrogens is 558 g/mol. The van der Waals surface area contributed by atoms with Crippen molar-refractivity contribution < 1.29 is 9.47 Å². The van der Waals surface area contributed by atoms with Gasteiger partial charge >= 0.3 is 17.1 Å². The van der Waals surface area contributed by atoms with Gasteiger partial charge in [-0.1, -0.05) is 65.9 Å². The number of nitrogens with zero attached hydrogens (tertiary/aromatic N) is 3. The summed E-state index contributed by atoms with van der Waals surface area (Å²) in [5, 5.41) is 0. The molecule has 0 N–H and O–H groups in total. The molecule has 1 saturated heterocycles. The van der Waals surface area contributed by atoms with Crippen LogP contribution in [0.25, 0.3) is 0 Å². The maximum atomic E-state index is 13.6. The second kappa shape index (κ2) is 15.7. The number of hydrogen-bond acceptors (Lipinski definition) is 5. The highest BCUT2D eigenvalue weighted by molar-refractivity contribution is 6.82. The average molecular weight is 618 g/mol. The first-order valence-electron chi connectivity index (χ1n) is 16.1. The first-order chi connectivity index (χ1) is 20.0. The Balaban J connectivity index is 2.23. The van der Waals surface area contributed by atoms with Gasteiger partial charge in [0.2, 0.25) is 0 Å². The molecular formula is C34H59N3O5Si. The van der Waals surface area contributed by atoms with Crippen LogP contribution in [-0.2, 0) is 29.1 Å². The molecule has 1 aliphatic heterocycles. The van der Waals surface area contributed by atoms with Crippen molar-refractivity contribution in [2.75, 3.05) is 19.8 Å². The Bertz CT molecular complexity index is 1200. The summed E-state index contributed by atoms with van der Waals surface area (Å²) in [5.41, 5.74) is 0.140. The standard InChI is InChI=1S/C34H59N3O5Si/c1-11-32(4,5)18-14-21-35-29(38)36(31(40)37(30(35)39)23-17-25-43(9,10)13-3)22-15-20-34(8,12-2)33(6,7)19-16-24-41-26-28-27-42-28/h11-13,28H,1-3,14-27H2,4-10H3. The third kappa shape index (κ3) is 10.7. The number of allylic oxidation sites excluding steroid dienone is 2. The minimum Gasteiger partial charge on any atom is -0.379 e. The Labute approximate surface area is 260 Å². The predicted molar refractivity (Wildman–Crippen MR) is 181 cm³/mol. The highest BCUT2D eigenvalue weighted by Gasteiger charge is 2.37. The van der Waals surface area contributed by atoms with Crippen molar-refractivity contribution in [2.24, 2.45) is 16.2 Å². The summed E-state index contributed by atoms with van der Waals surface area (Å²) in [6, 6.07) is 0.918. The van der Waals surface area contributed by atoms with E-state index in [2.05, 4.69) is 67.4 Å². The van der Waals surface area contributed by atoms with E-state index in [0.717, 1.165) is 38.3 Å². The van der Waals surface area contributed by atoms with Crippen LogP contribution in [0.15, 0.2) is 52.0 Å². The van der Waals surface area contributed by atoms with Crippen LogP contribution in [0.3, 0.4) is 0 Å². The van der Waals surface area contributed by atoms with Crippen LogP contribution in [0.1, 0.15) is 79.6 Å². The summed E-state index contributed by atoms with van der Waals surface area (Å²) in [6.45, 7) is 30.3. The van der Waals surface area contributed by atoms with Crippen molar-refractivity contribution in [3.63, 3.8) is 0 Å². The summed E-state index contributed by atoms with van der Waals surface area (Å²) >= 11 is 0. The van der Waals surface area contributed by atoms with Crippen LogP contribution in [-0.4, -0.2) is 47.7 Å². The number of aromatic nitrogens is 3. The van der Waals surface area contributed by atoms with Crippen molar-refractivity contribution in [3.05, 3.63) is 69.0 Å². The van der Waals surface area contributed by atoms with E-state index < -0.39 is 25.1 Å². The summed E-state index contributed by atoms with van der Waals surface area (Å²) in [4.78, 5) is 40.6. The van der Waals surface area contributed by atoms with Crippen molar-refractivity contribution in [3.8, 4) is 0 Å². The average Bonchev–Trinajstić information content (AvgIpc) is 3.78. The summed E-state index contributed by atoms with van der Waals surface area (Å²) in [7, 11) is -1.59. The summed E-state index contributed by atoms with van der Waals surface area (Å²) in [6.07, 6.45) is 9.59. The van der Waals surface area contributed by atoms with Crippen molar-refractivity contribution in [1.29, 1.82) is 0 Å². The van der Waals surface area contributed by atoms with Gasteiger partial charge in [-0.2, -0.15) is 0 Å². The molecule has 9 heteroatoms. The van der Waals surface area contributed by atoms with Gasteiger partial charge in [-0.05, 0) is 61.2 Å². The topological polar surface area (TPSA) is 87.8 Å². The lowest BCUT2D eigenvalue weighted by Gasteiger charge is -2.43. The number of epoxide rings is 1. The SMILES string of the molecule is C=CC(C)(C)CCCn1c(=O)n(CCCC(C)(C=C)C(C)(C)CCCOCC2CO2)c(=O)n(CCC[Si](C)(C)C=C)c1=O. The molecule has 2 rings (SSSR count). The number of ether oxygens (including phenoxy) is 2. The molecule has 1 fully saturated rings. The fourth-order valence-electron chi connectivity index (χ4n) is 5.45. The summed E-state index contributed by atoms with van der Waals surface area (Å²) in [5.74, 6) is 0. The Hall–Kier alpha value is -2.23. The summed E-state index contributed by atoms with van der Waals surface area (Å²) < 4.78 is 14.8. The Kier molecular flexibility index (Phi) is 13.5. The normalized spacial score (nSPS) is 17.0. The van der Waals surface area contributed by atoms with E-state index >= 15 is 0 Å². The first kappa shape index (κ1) is 37.0. The molecule has 0 spiro atoms. The quantitative estimate of drug-likeness (QED) is 0.0671. The van der Waals surface area contributed by atoms with E-state index in [1.165, 1.54) is 13.7 Å². The van der Waals surface area contributed by atoms with Gasteiger partial charge in [0.05, 0.1) is 21.3 Å².